The number of pyridine rings is 1. The fourth-order valence-corrected chi connectivity index (χ4v) is 1.73. The van der Waals surface area contributed by atoms with Crippen LogP contribution in [-0.4, -0.2) is 17.4 Å². The van der Waals surface area contributed by atoms with E-state index in [1.165, 1.54) is 18.3 Å². The van der Waals surface area contributed by atoms with Gasteiger partial charge in [-0.25, -0.2) is 13.8 Å². The maximum atomic E-state index is 13.0. The van der Waals surface area contributed by atoms with Gasteiger partial charge >= 0.3 is 0 Å². The van der Waals surface area contributed by atoms with Crippen molar-refractivity contribution in [3.63, 3.8) is 0 Å². The van der Waals surface area contributed by atoms with Gasteiger partial charge in [0.15, 0.2) is 0 Å². The third kappa shape index (κ3) is 3.74. The Morgan fingerprint density at radius 2 is 1.90 bits per heavy atom. The second-order valence-electron chi connectivity index (χ2n) is 4.25. The Labute approximate surface area is 114 Å². The molecule has 0 spiro atoms. The van der Waals surface area contributed by atoms with Crippen molar-refractivity contribution in [2.75, 3.05) is 11.9 Å². The summed E-state index contributed by atoms with van der Waals surface area (Å²) in [7, 11) is 0. The van der Waals surface area contributed by atoms with Gasteiger partial charge in [-0.05, 0) is 36.2 Å². The Morgan fingerprint density at radius 3 is 2.45 bits per heavy atom. The van der Waals surface area contributed by atoms with Gasteiger partial charge in [0.05, 0.1) is 5.56 Å². The number of halogens is 2. The second-order valence-corrected chi connectivity index (χ2v) is 4.25. The normalized spacial score (nSPS) is 10.3. The molecular weight excluding hydrogens is 264 g/mol. The van der Waals surface area contributed by atoms with Crippen molar-refractivity contribution in [2.45, 2.75) is 6.42 Å². The van der Waals surface area contributed by atoms with Gasteiger partial charge in [-0.2, -0.15) is 0 Å². The lowest BCUT2D eigenvalue weighted by molar-refractivity contribution is 0.1000. The smallest absolute Gasteiger partial charge is 0.250 e. The molecule has 0 radical (unpaired) electrons. The molecule has 4 nitrogen and oxygen atoms in total. The largest absolute Gasteiger partial charge is 0.370 e. The number of carbonyl (C=O) groups is 1. The molecule has 2 rings (SSSR count). The highest BCUT2D eigenvalue weighted by molar-refractivity contribution is 5.92. The molecule has 0 atom stereocenters. The van der Waals surface area contributed by atoms with Crippen LogP contribution < -0.4 is 11.1 Å². The van der Waals surface area contributed by atoms with Crippen LogP contribution >= 0.6 is 0 Å². The van der Waals surface area contributed by atoms with Gasteiger partial charge in [0.25, 0.3) is 0 Å². The van der Waals surface area contributed by atoms with E-state index in [1.54, 1.807) is 12.1 Å². The van der Waals surface area contributed by atoms with E-state index < -0.39 is 17.5 Å². The molecule has 6 heteroatoms. The lowest BCUT2D eigenvalue weighted by Crippen LogP contribution is -2.12. The van der Waals surface area contributed by atoms with Crippen molar-refractivity contribution in [3.8, 4) is 0 Å². The van der Waals surface area contributed by atoms with E-state index in [-0.39, 0.29) is 0 Å². The third-order valence-corrected chi connectivity index (χ3v) is 2.69. The summed E-state index contributed by atoms with van der Waals surface area (Å²) in [6.07, 6.45) is 1.82. The van der Waals surface area contributed by atoms with Crippen molar-refractivity contribution in [1.29, 1.82) is 0 Å². The van der Waals surface area contributed by atoms with Crippen molar-refractivity contribution in [1.82, 2.24) is 4.98 Å². The summed E-state index contributed by atoms with van der Waals surface area (Å²) >= 11 is 0. The molecule has 3 N–H and O–H groups in total. The van der Waals surface area contributed by atoms with Crippen molar-refractivity contribution < 1.29 is 13.6 Å². The number of nitrogens with zero attached hydrogens (tertiary/aromatic N) is 1. The zero-order valence-corrected chi connectivity index (χ0v) is 10.6. The molecule has 0 saturated heterocycles. The Bertz CT molecular complexity index is 594. The number of nitrogens with two attached hydrogens (primary N) is 1. The number of hydrogen-bond acceptors (Lipinski definition) is 3. The molecular formula is C14H13F2N3O. The van der Waals surface area contributed by atoms with Crippen molar-refractivity contribution >= 4 is 11.7 Å². The van der Waals surface area contributed by atoms with E-state index in [0.29, 0.717) is 29.9 Å². The zero-order valence-electron chi connectivity index (χ0n) is 10.6. The molecule has 0 aliphatic rings. The highest BCUT2D eigenvalue weighted by atomic mass is 19.1. The van der Waals surface area contributed by atoms with Crippen LogP contribution in [0.5, 0.6) is 0 Å². The molecule has 0 aliphatic heterocycles. The molecule has 1 amide bonds. The molecule has 2 aromatic rings. The van der Waals surface area contributed by atoms with E-state index in [1.807, 2.05) is 0 Å². The third-order valence-electron chi connectivity index (χ3n) is 2.69. The summed E-state index contributed by atoms with van der Waals surface area (Å²) in [4.78, 5) is 14.9. The fraction of sp³-hybridized carbons (Fsp3) is 0.143. The summed E-state index contributed by atoms with van der Waals surface area (Å²) < 4.78 is 26.0. The topological polar surface area (TPSA) is 68.0 Å². The Hall–Kier alpha value is -2.50. The highest BCUT2D eigenvalue weighted by Gasteiger charge is 2.02. The van der Waals surface area contributed by atoms with E-state index >= 15 is 0 Å². The van der Waals surface area contributed by atoms with Crippen LogP contribution in [0.2, 0.25) is 0 Å². The number of benzene rings is 1. The minimum Gasteiger partial charge on any atom is -0.370 e. The first kappa shape index (κ1) is 13.9. The van der Waals surface area contributed by atoms with Crippen LogP contribution in [0, 0.1) is 11.6 Å². The average Bonchev–Trinajstić information content (AvgIpc) is 2.38. The van der Waals surface area contributed by atoms with Crippen LogP contribution in [0.1, 0.15) is 15.9 Å². The van der Waals surface area contributed by atoms with Gasteiger partial charge < -0.3 is 11.1 Å². The summed E-state index contributed by atoms with van der Waals surface area (Å²) in [6, 6.07) is 6.58. The minimum atomic E-state index is -0.594. The first-order valence-corrected chi connectivity index (χ1v) is 5.99. The lowest BCUT2D eigenvalue weighted by atomic mass is 10.1. The van der Waals surface area contributed by atoms with Gasteiger partial charge in [-0.3, -0.25) is 4.79 Å². The molecule has 0 bridgehead atoms. The standard InChI is InChI=1S/C14H13F2N3O/c15-11-5-9(6-12(16)7-11)3-4-18-13-2-1-10(8-19-13)14(17)20/h1-2,5-8H,3-4H2,(H2,17,20)(H,18,19). The number of primary amides is 1. The summed E-state index contributed by atoms with van der Waals surface area (Å²) in [5.74, 6) is -1.17. The number of rotatable bonds is 5. The van der Waals surface area contributed by atoms with Crippen LogP contribution in [0.15, 0.2) is 36.5 Å². The molecule has 1 aromatic carbocycles. The molecule has 0 aliphatic carbocycles. The average molecular weight is 277 g/mol. The van der Waals surface area contributed by atoms with Gasteiger partial charge in [0.1, 0.15) is 17.5 Å². The van der Waals surface area contributed by atoms with Crippen molar-refractivity contribution in [2.24, 2.45) is 5.73 Å². The first-order valence-electron chi connectivity index (χ1n) is 5.99. The van der Waals surface area contributed by atoms with Crippen LogP contribution in [-0.2, 0) is 6.42 Å². The zero-order chi connectivity index (χ0) is 14.5. The van der Waals surface area contributed by atoms with Crippen LogP contribution in [0.3, 0.4) is 0 Å². The SMILES string of the molecule is NC(=O)c1ccc(NCCc2cc(F)cc(F)c2)nc1. The van der Waals surface area contributed by atoms with Crippen LogP contribution in [0.25, 0.3) is 0 Å². The second kappa shape index (κ2) is 6.10. The number of anilines is 1. The predicted molar refractivity (Wildman–Crippen MR) is 71.3 cm³/mol. The maximum absolute atomic E-state index is 13.0. The minimum absolute atomic E-state index is 0.322. The van der Waals surface area contributed by atoms with E-state index in [9.17, 15) is 13.6 Å². The molecule has 104 valence electrons. The molecule has 0 unspecified atom stereocenters. The molecule has 0 saturated carbocycles. The number of carbonyl (C=O) groups excluding carboxylic acids is 1. The lowest BCUT2D eigenvalue weighted by Gasteiger charge is -2.06. The van der Waals surface area contributed by atoms with Gasteiger partial charge in [0.2, 0.25) is 5.91 Å². The van der Waals surface area contributed by atoms with E-state index in [2.05, 4.69) is 10.3 Å². The van der Waals surface area contributed by atoms with E-state index in [0.717, 1.165) is 6.07 Å². The molecule has 0 fully saturated rings. The van der Waals surface area contributed by atoms with E-state index in [4.69, 9.17) is 5.73 Å². The van der Waals surface area contributed by atoms with Gasteiger partial charge in [-0.15, -0.1) is 0 Å². The summed E-state index contributed by atoms with van der Waals surface area (Å²) in [5, 5.41) is 2.99. The highest BCUT2D eigenvalue weighted by Crippen LogP contribution is 2.09. The Kier molecular flexibility index (Phi) is 4.24. The number of nitrogens with one attached hydrogen (secondary N) is 1. The summed E-state index contributed by atoms with van der Waals surface area (Å²) in [6.45, 7) is 0.464. The predicted octanol–water partition coefficient (Wildman–Crippen LogP) is 2.11. The number of amides is 1. The van der Waals surface area contributed by atoms with Crippen molar-refractivity contribution in [3.05, 3.63) is 59.3 Å². The Morgan fingerprint density at radius 1 is 1.20 bits per heavy atom. The Balaban J connectivity index is 1.90. The maximum Gasteiger partial charge on any atom is 0.250 e. The quantitative estimate of drug-likeness (QED) is 0.879. The molecule has 1 heterocycles. The number of hydrogen-bond donors (Lipinski definition) is 2. The fourth-order valence-electron chi connectivity index (χ4n) is 1.73. The summed E-state index contributed by atoms with van der Waals surface area (Å²) in [5.41, 5.74) is 5.98. The molecule has 1 aromatic heterocycles. The number of aromatic nitrogens is 1. The van der Waals surface area contributed by atoms with Gasteiger partial charge in [0, 0.05) is 18.8 Å². The van der Waals surface area contributed by atoms with Crippen LogP contribution in [0.4, 0.5) is 14.6 Å². The monoisotopic (exact) mass is 277 g/mol. The molecule has 20 heavy (non-hydrogen) atoms. The van der Waals surface area contributed by atoms with Gasteiger partial charge in [-0.1, -0.05) is 0 Å². The first-order chi connectivity index (χ1) is 9.54.